The van der Waals surface area contributed by atoms with Crippen LogP contribution in [0.15, 0.2) is 42.6 Å². The van der Waals surface area contributed by atoms with Gasteiger partial charge in [-0.15, -0.1) is 0 Å². The number of nitrogens with zero attached hydrogens (tertiary/aromatic N) is 1. The van der Waals surface area contributed by atoms with Crippen molar-refractivity contribution in [2.45, 2.75) is 26.4 Å². The summed E-state index contributed by atoms with van der Waals surface area (Å²) in [6, 6.07) is 12.4. The van der Waals surface area contributed by atoms with Gasteiger partial charge in [-0.25, -0.2) is 0 Å². The van der Waals surface area contributed by atoms with Crippen LogP contribution in [0, 0.1) is 0 Å². The molecule has 0 fully saturated rings. The SMILES string of the molecule is CCCNCc1cccn1Cc1ccccc1OC. The van der Waals surface area contributed by atoms with E-state index in [2.05, 4.69) is 47.3 Å². The number of rotatable bonds is 7. The predicted octanol–water partition coefficient (Wildman–Crippen LogP) is 3.04. The van der Waals surface area contributed by atoms with E-state index in [1.165, 1.54) is 11.3 Å². The highest BCUT2D eigenvalue weighted by molar-refractivity contribution is 5.33. The summed E-state index contributed by atoms with van der Waals surface area (Å²) in [5, 5.41) is 3.44. The van der Waals surface area contributed by atoms with Gasteiger partial charge in [0.15, 0.2) is 0 Å². The van der Waals surface area contributed by atoms with Gasteiger partial charge in [0.2, 0.25) is 0 Å². The van der Waals surface area contributed by atoms with E-state index in [9.17, 15) is 0 Å². The molecule has 1 aromatic heterocycles. The van der Waals surface area contributed by atoms with Gasteiger partial charge < -0.3 is 14.6 Å². The van der Waals surface area contributed by atoms with Crippen molar-refractivity contribution in [3.05, 3.63) is 53.9 Å². The Kier molecular flexibility index (Phi) is 5.04. The Labute approximate surface area is 115 Å². The Bertz CT molecular complexity index is 505. The van der Waals surface area contributed by atoms with Crippen molar-refractivity contribution in [2.24, 2.45) is 0 Å². The lowest BCUT2D eigenvalue weighted by Gasteiger charge is -2.12. The first-order valence-electron chi connectivity index (χ1n) is 6.81. The lowest BCUT2D eigenvalue weighted by molar-refractivity contribution is 0.408. The second kappa shape index (κ2) is 7.00. The molecule has 0 saturated carbocycles. The van der Waals surface area contributed by atoms with Crippen LogP contribution in [0.2, 0.25) is 0 Å². The molecule has 0 radical (unpaired) electrons. The van der Waals surface area contributed by atoms with Crippen LogP contribution < -0.4 is 10.1 Å². The highest BCUT2D eigenvalue weighted by atomic mass is 16.5. The third-order valence-electron chi connectivity index (χ3n) is 3.19. The molecule has 0 aliphatic rings. The monoisotopic (exact) mass is 258 g/mol. The van der Waals surface area contributed by atoms with Crippen LogP contribution in [0.5, 0.6) is 5.75 Å². The number of ether oxygens (including phenoxy) is 1. The topological polar surface area (TPSA) is 26.2 Å². The van der Waals surface area contributed by atoms with Crippen LogP contribution >= 0.6 is 0 Å². The molecule has 0 saturated heterocycles. The van der Waals surface area contributed by atoms with Crippen LogP contribution in [0.1, 0.15) is 24.6 Å². The minimum Gasteiger partial charge on any atom is -0.496 e. The molecule has 0 spiro atoms. The van der Waals surface area contributed by atoms with Crippen molar-refractivity contribution >= 4 is 0 Å². The summed E-state index contributed by atoms with van der Waals surface area (Å²) in [4.78, 5) is 0. The molecule has 19 heavy (non-hydrogen) atoms. The van der Waals surface area contributed by atoms with Crippen LogP contribution in [0.25, 0.3) is 0 Å². The van der Waals surface area contributed by atoms with Crippen molar-refractivity contribution in [1.29, 1.82) is 0 Å². The first-order valence-corrected chi connectivity index (χ1v) is 6.81. The minimum absolute atomic E-state index is 0.847. The molecular weight excluding hydrogens is 236 g/mol. The van der Waals surface area contributed by atoms with Crippen LogP contribution in [-0.4, -0.2) is 18.2 Å². The highest BCUT2D eigenvalue weighted by Gasteiger charge is 2.05. The van der Waals surface area contributed by atoms with Gasteiger partial charge in [-0.05, 0) is 31.2 Å². The molecule has 2 aromatic rings. The van der Waals surface area contributed by atoms with Gasteiger partial charge in [-0.2, -0.15) is 0 Å². The van der Waals surface area contributed by atoms with Crippen molar-refractivity contribution in [3.63, 3.8) is 0 Å². The fraction of sp³-hybridized carbons (Fsp3) is 0.375. The van der Waals surface area contributed by atoms with Gasteiger partial charge in [-0.3, -0.25) is 0 Å². The lowest BCUT2D eigenvalue weighted by Crippen LogP contribution is -2.17. The van der Waals surface area contributed by atoms with E-state index in [1.54, 1.807) is 7.11 Å². The molecule has 0 bridgehead atoms. The van der Waals surface area contributed by atoms with Gasteiger partial charge >= 0.3 is 0 Å². The second-order valence-corrected chi connectivity index (χ2v) is 4.62. The Hall–Kier alpha value is -1.74. The standard InChI is InChI=1S/C16H22N2O/c1-3-10-17-12-15-8-6-11-18(15)13-14-7-4-5-9-16(14)19-2/h4-9,11,17H,3,10,12-13H2,1-2H3. The summed E-state index contributed by atoms with van der Waals surface area (Å²) in [6.07, 6.45) is 3.28. The first-order chi connectivity index (χ1) is 9.35. The molecule has 0 aliphatic carbocycles. The molecule has 3 heteroatoms. The molecular formula is C16H22N2O. The average Bonchev–Trinajstić information content (AvgIpc) is 2.87. The maximum atomic E-state index is 5.40. The normalized spacial score (nSPS) is 10.6. The second-order valence-electron chi connectivity index (χ2n) is 4.62. The van der Waals surface area contributed by atoms with Gasteiger partial charge in [0.05, 0.1) is 13.7 Å². The van der Waals surface area contributed by atoms with E-state index >= 15 is 0 Å². The smallest absolute Gasteiger partial charge is 0.123 e. The van der Waals surface area contributed by atoms with E-state index in [4.69, 9.17) is 4.74 Å². The Morgan fingerprint density at radius 3 is 2.79 bits per heavy atom. The maximum absolute atomic E-state index is 5.40. The number of hydrogen-bond donors (Lipinski definition) is 1. The third-order valence-corrected chi connectivity index (χ3v) is 3.19. The molecule has 1 aromatic carbocycles. The molecule has 0 amide bonds. The van der Waals surface area contributed by atoms with Gasteiger partial charge in [0, 0.05) is 24.0 Å². The largest absolute Gasteiger partial charge is 0.496 e. The molecule has 1 heterocycles. The summed E-state index contributed by atoms with van der Waals surface area (Å²) < 4.78 is 7.67. The molecule has 0 atom stereocenters. The van der Waals surface area contributed by atoms with Crippen molar-refractivity contribution in [1.82, 2.24) is 9.88 Å². The van der Waals surface area contributed by atoms with Crippen molar-refractivity contribution < 1.29 is 4.74 Å². The molecule has 3 nitrogen and oxygen atoms in total. The number of para-hydroxylation sites is 1. The van der Waals surface area contributed by atoms with Crippen LogP contribution in [0.4, 0.5) is 0 Å². The number of benzene rings is 1. The predicted molar refractivity (Wildman–Crippen MR) is 78.5 cm³/mol. The zero-order valence-electron chi connectivity index (χ0n) is 11.7. The number of hydrogen-bond acceptors (Lipinski definition) is 2. The van der Waals surface area contributed by atoms with Crippen LogP contribution in [0.3, 0.4) is 0 Å². The molecule has 0 unspecified atom stereocenters. The quantitative estimate of drug-likeness (QED) is 0.773. The fourth-order valence-corrected chi connectivity index (χ4v) is 2.17. The van der Waals surface area contributed by atoms with Crippen molar-refractivity contribution in [2.75, 3.05) is 13.7 Å². The molecule has 2 rings (SSSR count). The minimum atomic E-state index is 0.847. The zero-order valence-corrected chi connectivity index (χ0v) is 11.7. The average molecular weight is 258 g/mol. The summed E-state index contributed by atoms with van der Waals surface area (Å²) >= 11 is 0. The zero-order chi connectivity index (χ0) is 13.5. The fourth-order valence-electron chi connectivity index (χ4n) is 2.17. The number of methoxy groups -OCH3 is 1. The van der Waals surface area contributed by atoms with E-state index in [1.807, 2.05) is 12.1 Å². The van der Waals surface area contributed by atoms with E-state index in [0.29, 0.717) is 0 Å². The van der Waals surface area contributed by atoms with Gasteiger partial charge in [0.25, 0.3) is 0 Å². The summed E-state index contributed by atoms with van der Waals surface area (Å²) in [6.45, 7) is 5.00. The number of aromatic nitrogens is 1. The van der Waals surface area contributed by atoms with Crippen molar-refractivity contribution in [3.8, 4) is 5.75 Å². The summed E-state index contributed by atoms with van der Waals surface area (Å²) in [7, 11) is 1.72. The van der Waals surface area contributed by atoms with Crippen LogP contribution in [-0.2, 0) is 13.1 Å². The van der Waals surface area contributed by atoms with E-state index in [0.717, 1.165) is 31.8 Å². The lowest BCUT2D eigenvalue weighted by atomic mass is 10.2. The van der Waals surface area contributed by atoms with Gasteiger partial charge in [-0.1, -0.05) is 25.1 Å². The maximum Gasteiger partial charge on any atom is 0.123 e. The third kappa shape index (κ3) is 3.61. The molecule has 102 valence electrons. The van der Waals surface area contributed by atoms with E-state index < -0.39 is 0 Å². The number of nitrogens with one attached hydrogen (secondary N) is 1. The molecule has 0 aliphatic heterocycles. The Morgan fingerprint density at radius 2 is 2.00 bits per heavy atom. The first kappa shape index (κ1) is 13.7. The van der Waals surface area contributed by atoms with Gasteiger partial charge in [0.1, 0.15) is 5.75 Å². The van der Waals surface area contributed by atoms with E-state index in [-0.39, 0.29) is 0 Å². The highest BCUT2D eigenvalue weighted by Crippen LogP contribution is 2.19. The Morgan fingerprint density at radius 1 is 1.16 bits per heavy atom. The Balaban J connectivity index is 2.08. The molecule has 1 N–H and O–H groups in total. The summed E-state index contributed by atoms with van der Waals surface area (Å²) in [5.41, 5.74) is 2.51. The summed E-state index contributed by atoms with van der Waals surface area (Å²) in [5.74, 6) is 0.948.